The minimum Gasteiger partial charge on any atom is -0.321 e. The van der Waals surface area contributed by atoms with Crippen LogP contribution in [0.15, 0.2) is 54.0 Å². The lowest BCUT2D eigenvalue weighted by atomic mass is 10.2. The van der Waals surface area contributed by atoms with Crippen molar-refractivity contribution >= 4 is 33.9 Å². The van der Waals surface area contributed by atoms with Crippen molar-refractivity contribution in [2.75, 3.05) is 4.90 Å². The van der Waals surface area contributed by atoms with Crippen LogP contribution in [0.2, 0.25) is 0 Å². The number of thiophene rings is 1. The number of anilines is 2. The van der Waals surface area contributed by atoms with Gasteiger partial charge in [0.25, 0.3) is 0 Å². The molecule has 5 rings (SSSR count). The molecule has 0 radical (unpaired) electrons. The maximum absolute atomic E-state index is 4.91. The Hall–Kier alpha value is -2.73. The molecule has 1 N–H and O–H groups in total. The Morgan fingerprint density at radius 3 is 2.67 bits per heavy atom. The van der Waals surface area contributed by atoms with E-state index in [2.05, 4.69) is 50.4 Å². The van der Waals surface area contributed by atoms with E-state index in [-0.39, 0.29) is 0 Å². The summed E-state index contributed by atoms with van der Waals surface area (Å²) >= 11 is 1.65. The lowest BCUT2D eigenvalue weighted by molar-refractivity contribution is 0.941. The first-order chi connectivity index (χ1) is 11.9. The Balaban J connectivity index is 1.73. The van der Waals surface area contributed by atoms with Crippen molar-refractivity contribution in [3.8, 4) is 10.7 Å². The number of fused-ring (bicyclic) bond motifs is 1. The molecule has 4 aromatic rings. The number of hydrogen-bond acceptors (Lipinski definition) is 5. The Bertz CT molecular complexity index is 973. The summed E-state index contributed by atoms with van der Waals surface area (Å²) in [5.74, 6) is 1.67. The molecule has 1 fully saturated rings. The molecule has 24 heavy (non-hydrogen) atoms. The van der Waals surface area contributed by atoms with Gasteiger partial charge in [-0.3, -0.25) is 5.10 Å². The van der Waals surface area contributed by atoms with Crippen molar-refractivity contribution in [1.82, 2.24) is 20.2 Å². The average Bonchev–Trinajstić information content (AvgIpc) is 3.12. The van der Waals surface area contributed by atoms with Crippen LogP contribution >= 0.6 is 11.3 Å². The Morgan fingerprint density at radius 1 is 1.04 bits per heavy atom. The second-order valence-corrected chi connectivity index (χ2v) is 6.86. The molecule has 0 saturated heterocycles. The van der Waals surface area contributed by atoms with Crippen molar-refractivity contribution in [2.45, 2.75) is 18.9 Å². The molecule has 0 bridgehead atoms. The molecule has 5 nitrogen and oxygen atoms in total. The van der Waals surface area contributed by atoms with E-state index in [1.807, 2.05) is 17.5 Å². The molecule has 1 saturated carbocycles. The molecule has 1 aliphatic carbocycles. The van der Waals surface area contributed by atoms with Crippen LogP contribution in [-0.4, -0.2) is 26.2 Å². The highest BCUT2D eigenvalue weighted by molar-refractivity contribution is 7.13. The van der Waals surface area contributed by atoms with Crippen molar-refractivity contribution < 1.29 is 0 Å². The van der Waals surface area contributed by atoms with E-state index in [0.29, 0.717) is 6.04 Å². The first-order valence-corrected chi connectivity index (χ1v) is 8.87. The van der Waals surface area contributed by atoms with Gasteiger partial charge in [-0.15, -0.1) is 11.3 Å². The number of nitrogens with one attached hydrogen (secondary N) is 1. The highest BCUT2D eigenvalue weighted by Crippen LogP contribution is 2.40. The summed E-state index contributed by atoms with van der Waals surface area (Å²) < 4.78 is 0. The van der Waals surface area contributed by atoms with E-state index in [9.17, 15) is 0 Å². The number of aromatic nitrogens is 4. The molecule has 1 aromatic carbocycles. The molecule has 6 heteroatoms. The van der Waals surface area contributed by atoms with E-state index in [4.69, 9.17) is 4.98 Å². The first-order valence-electron chi connectivity index (χ1n) is 7.99. The van der Waals surface area contributed by atoms with Gasteiger partial charge in [-0.05, 0) is 36.4 Å². The van der Waals surface area contributed by atoms with Gasteiger partial charge in [0, 0.05) is 11.7 Å². The van der Waals surface area contributed by atoms with E-state index in [0.717, 1.165) is 33.2 Å². The molecule has 118 valence electrons. The predicted molar refractivity (Wildman–Crippen MR) is 96.6 cm³/mol. The molecule has 0 unspecified atom stereocenters. The molecular weight excluding hydrogens is 318 g/mol. The lowest BCUT2D eigenvalue weighted by Gasteiger charge is -2.24. The third kappa shape index (κ3) is 2.27. The minimum atomic E-state index is 0.491. The van der Waals surface area contributed by atoms with Gasteiger partial charge in [-0.2, -0.15) is 5.10 Å². The maximum Gasteiger partial charge on any atom is 0.172 e. The van der Waals surface area contributed by atoms with Crippen LogP contribution in [0, 0.1) is 0 Å². The van der Waals surface area contributed by atoms with Crippen LogP contribution in [0.1, 0.15) is 12.8 Å². The monoisotopic (exact) mass is 333 g/mol. The van der Waals surface area contributed by atoms with Crippen molar-refractivity contribution in [3.05, 3.63) is 54.0 Å². The summed E-state index contributed by atoms with van der Waals surface area (Å²) in [7, 11) is 0. The van der Waals surface area contributed by atoms with Gasteiger partial charge in [0.15, 0.2) is 11.6 Å². The fourth-order valence-electron chi connectivity index (χ4n) is 2.94. The van der Waals surface area contributed by atoms with E-state index < -0.39 is 0 Å². The van der Waals surface area contributed by atoms with Gasteiger partial charge in [0.05, 0.1) is 11.1 Å². The number of hydrogen-bond donors (Lipinski definition) is 1. The summed E-state index contributed by atoms with van der Waals surface area (Å²) in [6, 6.07) is 15.0. The van der Waals surface area contributed by atoms with E-state index >= 15 is 0 Å². The second-order valence-electron chi connectivity index (χ2n) is 5.92. The summed E-state index contributed by atoms with van der Waals surface area (Å²) in [5.41, 5.74) is 2.91. The third-order valence-electron chi connectivity index (χ3n) is 4.20. The smallest absolute Gasteiger partial charge is 0.172 e. The van der Waals surface area contributed by atoms with E-state index in [1.165, 1.54) is 12.8 Å². The van der Waals surface area contributed by atoms with Gasteiger partial charge in [-0.1, -0.05) is 24.3 Å². The lowest BCUT2D eigenvalue weighted by Crippen LogP contribution is -2.21. The Morgan fingerprint density at radius 2 is 1.92 bits per heavy atom. The zero-order valence-corrected chi connectivity index (χ0v) is 13.7. The van der Waals surface area contributed by atoms with Gasteiger partial charge in [0.2, 0.25) is 0 Å². The molecule has 0 spiro atoms. The summed E-state index contributed by atoms with van der Waals surface area (Å²) in [4.78, 5) is 13.0. The minimum absolute atomic E-state index is 0.491. The standard InChI is InChI=1S/C18H15N5S/c1-2-5-12(6-3-1)23(13-8-9-13)18-16-14(11-19-22-16)20-17(21-18)15-7-4-10-24-15/h1-7,10-11,13H,8-9H2,(H,19,22). The van der Waals surface area contributed by atoms with Crippen molar-refractivity contribution in [2.24, 2.45) is 0 Å². The first kappa shape index (κ1) is 13.7. The molecule has 1 aliphatic rings. The number of rotatable bonds is 4. The van der Waals surface area contributed by atoms with Crippen LogP contribution in [0.25, 0.3) is 21.7 Å². The number of para-hydroxylation sites is 1. The summed E-state index contributed by atoms with van der Waals surface area (Å²) in [6.45, 7) is 0. The highest BCUT2D eigenvalue weighted by Gasteiger charge is 2.33. The predicted octanol–water partition coefficient (Wildman–Crippen LogP) is 4.38. The van der Waals surface area contributed by atoms with Crippen LogP contribution in [0.3, 0.4) is 0 Å². The average molecular weight is 333 g/mol. The van der Waals surface area contributed by atoms with Gasteiger partial charge >= 0.3 is 0 Å². The molecule has 3 aromatic heterocycles. The van der Waals surface area contributed by atoms with Gasteiger partial charge < -0.3 is 4.90 Å². The van der Waals surface area contributed by atoms with Crippen LogP contribution in [-0.2, 0) is 0 Å². The number of aromatic amines is 1. The largest absolute Gasteiger partial charge is 0.321 e. The fourth-order valence-corrected chi connectivity index (χ4v) is 3.60. The molecular formula is C18H15N5S. The molecule has 0 amide bonds. The third-order valence-corrected chi connectivity index (χ3v) is 5.06. The number of H-pyrrole nitrogens is 1. The summed E-state index contributed by atoms with van der Waals surface area (Å²) in [6.07, 6.45) is 4.14. The Labute approximate surface area is 143 Å². The molecule has 0 aliphatic heterocycles. The van der Waals surface area contributed by atoms with Crippen LogP contribution in [0.4, 0.5) is 11.5 Å². The Kier molecular flexibility index (Phi) is 3.09. The van der Waals surface area contributed by atoms with Crippen molar-refractivity contribution in [3.63, 3.8) is 0 Å². The van der Waals surface area contributed by atoms with Gasteiger partial charge in [-0.25, -0.2) is 9.97 Å². The number of nitrogens with zero attached hydrogens (tertiary/aromatic N) is 4. The summed E-state index contributed by atoms with van der Waals surface area (Å²) in [5, 5.41) is 9.32. The van der Waals surface area contributed by atoms with Gasteiger partial charge in [0.1, 0.15) is 11.0 Å². The maximum atomic E-state index is 4.91. The number of benzene rings is 1. The topological polar surface area (TPSA) is 57.7 Å². The zero-order chi connectivity index (χ0) is 15.9. The normalized spacial score (nSPS) is 14.2. The van der Waals surface area contributed by atoms with E-state index in [1.54, 1.807) is 17.5 Å². The van der Waals surface area contributed by atoms with Crippen LogP contribution in [0.5, 0.6) is 0 Å². The van der Waals surface area contributed by atoms with Crippen LogP contribution < -0.4 is 4.90 Å². The quantitative estimate of drug-likeness (QED) is 0.602. The zero-order valence-electron chi connectivity index (χ0n) is 12.9. The SMILES string of the molecule is c1ccc(N(c2nc(-c3cccs3)nc3cn[nH]c23)C2CC2)cc1. The molecule has 0 atom stereocenters. The second kappa shape index (κ2) is 5.42. The van der Waals surface area contributed by atoms with Crippen molar-refractivity contribution in [1.29, 1.82) is 0 Å². The molecule has 3 heterocycles. The fraction of sp³-hybridized carbons (Fsp3) is 0.167. The highest BCUT2D eigenvalue weighted by atomic mass is 32.1.